The monoisotopic (exact) mass is 275 g/mol. The van der Waals surface area contributed by atoms with Crippen molar-refractivity contribution >= 4 is 5.91 Å². The molecule has 1 amide bonds. The summed E-state index contributed by atoms with van der Waals surface area (Å²) in [6, 6.07) is 3.80. The SMILES string of the molecule is CC.CN1CCc2cc(OC(F)(F)F)ccc2C1=O. The molecule has 0 aromatic heterocycles. The Balaban J connectivity index is 0.000000861. The van der Waals surface area contributed by atoms with E-state index in [-0.39, 0.29) is 11.7 Å². The smallest absolute Gasteiger partial charge is 0.406 e. The minimum Gasteiger partial charge on any atom is -0.406 e. The number of hydrogen-bond acceptors (Lipinski definition) is 2. The van der Waals surface area contributed by atoms with Gasteiger partial charge < -0.3 is 9.64 Å². The van der Waals surface area contributed by atoms with Crippen LogP contribution in [0.25, 0.3) is 0 Å². The molecule has 1 heterocycles. The van der Waals surface area contributed by atoms with E-state index in [1.54, 1.807) is 7.05 Å². The lowest BCUT2D eigenvalue weighted by molar-refractivity contribution is -0.274. The molecule has 1 aliphatic rings. The molecule has 0 radical (unpaired) electrons. The second-order valence-electron chi connectivity index (χ2n) is 3.84. The van der Waals surface area contributed by atoms with Crippen molar-refractivity contribution in [3.8, 4) is 5.75 Å². The summed E-state index contributed by atoms with van der Waals surface area (Å²) in [7, 11) is 1.66. The number of likely N-dealkylation sites (N-methyl/N-ethyl adjacent to an activating group) is 1. The maximum absolute atomic E-state index is 12.0. The molecular weight excluding hydrogens is 259 g/mol. The van der Waals surface area contributed by atoms with Gasteiger partial charge in [0.05, 0.1) is 0 Å². The van der Waals surface area contributed by atoms with E-state index in [2.05, 4.69) is 4.74 Å². The van der Waals surface area contributed by atoms with Crippen molar-refractivity contribution in [2.45, 2.75) is 26.6 Å². The van der Waals surface area contributed by atoms with Crippen molar-refractivity contribution in [3.63, 3.8) is 0 Å². The number of alkyl halides is 3. The Morgan fingerprint density at radius 2 is 1.89 bits per heavy atom. The number of rotatable bonds is 1. The van der Waals surface area contributed by atoms with Crippen LogP contribution in [0.15, 0.2) is 18.2 Å². The summed E-state index contributed by atoms with van der Waals surface area (Å²) in [5.41, 5.74) is 1.03. The van der Waals surface area contributed by atoms with Crippen molar-refractivity contribution in [1.29, 1.82) is 0 Å². The van der Waals surface area contributed by atoms with Crippen LogP contribution in [0.3, 0.4) is 0 Å². The van der Waals surface area contributed by atoms with Crippen molar-refractivity contribution in [2.24, 2.45) is 0 Å². The average molecular weight is 275 g/mol. The Hall–Kier alpha value is -1.72. The topological polar surface area (TPSA) is 29.5 Å². The fraction of sp³-hybridized carbons (Fsp3) is 0.462. The zero-order chi connectivity index (χ0) is 14.6. The lowest BCUT2D eigenvalue weighted by Gasteiger charge is -2.25. The van der Waals surface area contributed by atoms with Crippen LogP contribution in [-0.4, -0.2) is 30.8 Å². The van der Waals surface area contributed by atoms with Gasteiger partial charge in [0.15, 0.2) is 0 Å². The summed E-state index contributed by atoms with van der Waals surface area (Å²) in [6.45, 7) is 4.50. The van der Waals surface area contributed by atoms with Crippen molar-refractivity contribution in [1.82, 2.24) is 4.90 Å². The first kappa shape index (κ1) is 15.3. The fourth-order valence-electron chi connectivity index (χ4n) is 1.78. The van der Waals surface area contributed by atoms with Gasteiger partial charge in [-0.15, -0.1) is 13.2 Å². The summed E-state index contributed by atoms with van der Waals surface area (Å²) < 4.78 is 39.8. The summed E-state index contributed by atoms with van der Waals surface area (Å²) in [5.74, 6) is -0.460. The van der Waals surface area contributed by atoms with Gasteiger partial charge in [-0.05, 0) is 30.2 Å². The van der Waals surface area contributed by atoms with Crippen LogP contribution in [0.4, 0.5) is 13.2 Å². The normalized spacial score (nSPS) is 14.4. The molecule has 1 aliphatic heterocycles. The number of benzene rings is 1. The predicted octanol–water partition coefficient (Wildman–Crippen LogP) is 3.24. The third-order valence-electron chi connectivity index (χ3n) is 2.60. The number of ether oxygens (including phenoxy) is 1. The van der Waals surface area contributed by atoms with Crippen molar-refractivity contribution < 1.29 is 22.7 Å². The second kappa shape index (κ2) is 5.95. The Kier molecular flexibility index (Phi) is 4.80. The largest absolute Gasteiger partial charge is 0.573 e. The lowest BCUT2D eigenvalue weighted by atomic mass is 9.99. The van der Waals surface area contributed by atoms with Crippen LogP contribution in [-0.2, 0) is 6.42 Å². The zero-order valence-corrected chi connectivity index (χ0v) is 11.0. The van der Waals surface area contributed by atoms with Gasteiger partial charge in [0.25, 0.3) is 5.91 Å². The fourth-order valence-corrected chi connectivity index (χ4v) is 1.78. The molecule has 19 heavy (non-hydrogen) atoms. The number of amides is 1. The molecule has 0 aliphatic carbocycles. The van der Waals surface area contributed by atoms with Gasteiger partial charge in [0.1, 0.15) is 5.75 Å². The van der Waals surface area contributed by atoms with E-state index in [1.807, 2.05) is 13.8 Å². The van der Waals surface area contributed by atoms with Gasteiger partial charge in [-0.3, -0.25) is 4.79 Å². The molecule has 0 saturated heterocycles. The molecule has 0 unspecified atom stereocenters. The molecule has 0 spiro atoms. The predicted molar refractivity (Wildman–Crippen MR) is 65.1 cm³/mol. The Labute approximate surface area is 110 Å². The van der Waals surface area contributed by atoms with E-state index >= 15 is 0 Å². The highest BCUT2D eigenvalue weighted by Gasteiger charge is 2.32. The summed E-state index contributed by atoms with van der Waals surface area (Å²) in [5, 5.41) is 0. The summed E-state index contributed by atoms with van der Waals surface area (Å²) in [4.78, 5) is 13.2. The van der Waals surface area contributed by atoms with E-state index in [1.165, 1.54) is 17.0 Å². The Morgan fingerprint density at radius 3 is 2.47 bits per heavy atom. The minimum absolute atomic E-state index is 0.176. The number of carbonyl (C=O) groups is 1. The Morgan fingerprint density at radius 1 is 1.26 bits per heavy atom. The molecule has 106 valence electrons. The molecule has 0 saturated carbocycles. The minimum atomic E-state index is -4.70. The van der Waals surface area contributed by atoms with Crippen LogP contribution in [0.1, 0.15) is 29.8 Å². The quantitative estimate of drug-likeness (QED) is 0.787. The standard InChI is InChI=1S/C11H10F3NO2.C2H6/c1-15-5-4-7-6-8(17-11(12,13)14)2-3-9(7)10(15)16;1-2/h2-3,6H,4-5H2,1H3;1-2H3. The Bertz CT molecular complexity index is 458. The maximum Gasteiger partial charge on any atom is 0.573 e. The van der Waals surface area contributed by atoms with Gasteiger partial charge >= 0.3 is 6.36 Å². The van der Waals surface area contributed by atoms with E-state index in [9.17, 15) is 18.0 Å². The second-order valence-corrected chi connectivity index (χ2v) is 3.84. The molecular formula is C13H16F3NO2. The first-order valence-electron chi connectivity index (χ1n) is 6.01. The van der Waals surface area contributed by atoms with Crippen molar-refractivity contribution in [3.05, 3.63) is 29.3 Å². The van der Waals surface area contributed by atoms with E-state index in [0.29, 0.717) is 24.1 Å². The summed E-state index contributed by atoms with van der Waals surface area (Å²) in [6.07, 6.45) is -4.17. The average Bonchev–Trinajstić information content (AvgIpc) is 2.34. The van der Waals surface area contributed by atoms with Gasteiger partial charge in [-0.2, -0.15) is 0 Å². The molecule has 0 atom stereocenters. The lowest BCUT2D eigenvalue weighted by Crippen LogP contribution is -2.34. The van der Waals surface area contributed by atoms with E-state index < -0.39 is 6.36 Å². The van der Waals surface area contributed by atoms with Crippen LogP contribution in [0.2, 0.25) is 0 Å². The number of halogens is 3. The summed E-state index contributed by atoms with van der Waals surface area (Å²) >= 11 is 0. The first-order valence-corrected chi connectivity index (χ1v) is 6.01. The van der Waals surface area contributed by atoms with Crippen LogP contribution < -0.4 is 4.74 Å². The van der Waals surface area contributed by atoms with Gasteiger partial charge in [0.2, 0.25) is 0 Å². The third kappa shape index (κ3) is 3.87. The number of carbonyl (C=O) groups excluding carboxylic acids is 1. The molecule has 6 heteroatoms. The van der Waals surface area contributed by atoms with Gasteiger partial charge in [-0.25, -0.2) is 0 Å². The zero-order valence-electron chi connectivity index (χ0n) is 11.0. The molecule has 0 bridgehead atoms. The highest BCUT2D eigenvalue weighted by atomic mass is 19.4. The molecule has 0 N–H and O–H groups in total. The molecule has 1 aromatic carbocycles. The van der Waals surface area contributed by atoms with Gasteiger partial charge in [-0.1, -0.05) is 13.8 Å². The van der Waals surface area contributed by atoms with E-state index in [4.69, 9.17) is 0 Å². The van der Waals surface area contributed by atoms with Crippen molar-refractivity contribution in [2.75, 3.05) is 13.6 Å². The highest BCUT2D eigenvalue weighted by molar-refractivity contribution is 5.96. The van der Waals surface area contributed by atoms with Gasteiger partial charge in [0, 0.05) is 19.2 Å². The van der Waals surface area contributed by atoms with Crippen LogP contribution in [0, 0.1) is 0 Å². The maximum atomic E-state index is 12.0. The third-order valence-corrected chi connectivity index (χ3v) is 2.60. The highest BCUT2D eigenvalue weighted by Crippen LogP contribution is 2.27. The van der Waals surface area contributed by atoms with Crippen LogP contribution >= 0.6 is 0 Å². The molecule has 0 fully saturated rings. The van der Waals surface area contributed by atoms with E-state index in [0.717, 1.165) is 6.07 Å². The molecule has 3 nitrogen and oxygen atoms in total. The first-order chi connectivity index (χ1) is 8.87. The van der Waals surface area contributed by atoms with Crippen LogP contribution in [0.5, 0.6) is 5.75 Å². The number of hydrogen-bond donors (Lipinski definition) is 0. The molecule has 1 aromatic rings. The molecule has 2 rings (SSSR count). The number of nitrogens with zero attached hydrogens (tertiary/aromatic N) is 1. The number of fused-ring (bicyclic) bond motifs is 1.